The molecular weight excluding hydrogens is 386 g/mol. The van der Waals surface area contributed by atoms with E-state index in [4.69, 9.17) is 0 Å². The standard InChI is InChI=1S/C21H29N5O4/c1-2-22-21(28)17-12-15-11-16(26(29)30)5-6-18(15)25-10-9-23(13-19(17)25)14-20(27)24-7-3-4-8-24/h5-6,11,17,19H,2-4,7-10,12-14H2,1H3,(H,22,28)/t17-,19+/m0/s1. The van der Waals surface area contributed by atoms with Gasteiger partial charge in [-0.1, -0.05) is 0 Å². The van der Waals surface area contributed by atoms with E-state index in [1.807, 2.05) is 11.8 Å². The SMILES string of the molecule is CCNC(=O)[C@H]1Cc2cc([N+](=O)[O-])ccc2N2CCN(CC(=O)N3CCCC3)C[C@H]12. The van der Waals surface area contributed by atoms with Crippen molar-refractivity contribution in [1.29, 1.82) is 0 Å². The molecule has 1 aromatic rings. The maximum absolute atomic E-state index is 12.9. The molecule has 9 heteroatoms. The van der Waals surface area contributed by atoms with Crippen LogP contribution in [0, 0.1) is 16.0 Å². The fourth-order valence-corrected chi connectivity index (χ4v) is 4.99. The van der Waals surface area contributed by atoms with E-state index in [2.05, 4.69) is 15.1 Å². The maximum atomic E-state index is 12.9. The van der Waals surface area contributed by atoms with Gasteiger partial charge in [0.15, 0.2) is 0 Å². The fourth-order valence-electron chi connectivity index (χ4n) is 4.99. The quantitative estimate of drug-likeness (QED) is 0.569. The van der Waals surface area contributed by atoms with Gasteiger partial charge in [-0.15, -0.1) is 0 Å². The summed E-state index contributed by atoms with van der Waals surface area (Å²) >= 11 is 0. The molecule has 2 atom stereocenters. The van der Waals surface area contributed by atoms with Crippen LogP contribution in [0.3, 0.4) is 0 Å². The van der Waals surface area contributed by atoms with E-state index in [1.54, 1.807) is 12.1 Å². The zero-order valence-corrected chi connectivity index (χ0v) is 17.4. The predicted molar refractivity (Wildman–Crippen MR) is 112 cm³/mol. The summed E-state index contributed by atoms with van der Waals surface area (Å²) in [5, 5.41) is 14.1. The Labute approximate surface area is 176 Å². The van der Waals surface area contributed by atoms with Crippen molar-refractivity contribution in [2.75, 3.05) is 50.7 Å². The average Bonchev–Trinajstić information content (AvgIpc) is 3.28. The Morgan fingerprint density at radius 3 is 2.67 bits per heavy atom. The molecule has 0 radical (unpaired) electrons. The van der Waals surface area contributed by atoms with Gasteiger partial charge in [0.1, 0.15) is 0 Å². The van der Waals surface area contributed by atoms with Crippen LogP contribution in [-0.2, 0) is 16.0 Å². The van der Waals surface area contributed by atoms with Gasteiger partial charge < -0.3 is 15.1 Å². The van der Waals surface area contributed by atoms with Gasteiger partial charge in [-0.3, -0.25) is 24.6 Å². The zero-order valence-electron chi connectivity index (χ0n) is 17.4. The number of anilines is 1. The lowest BCUT2D eigenvalue weighted by Gasteiger charge is -2.49. The number of amides is 2. The van der Waals surface area contributed by atoms with Gasteiger partial charge in [-0.25, -0.2) is 0 Å². The monoisotopic (exact) mass is 415 g/mol. The van der Waals surface area contributed by atoms with Crippen LogP contribution in [0.4, 0.5) is 11.4 Å². The van der Waals surface area contributed by atoms with Gasteiger partial charge in [0.2, 0.25) is 11.8 Å². The highest BCUT2D eigenvalue weighted by Crippen LogP contribution is 2.37. The van der Waals surface area contributed by atoms with Crippen LogP contribution >= 0.6 is 0 Å². The Balaban J connectivity index is 1.56. The number of nitrogens with one attached hydrogen (secondary N) is 1. The Kier molecular flexibility index (Phi) is 5.90. The molecule has 4 rings (SSSR count). The molecule has 0 aromatic heterocycles. The molecule has 0 spiro atoms. The molecule has 162 valence electrons. The number of rotatable bonds is 5. The third-order valence-electron chi connectivity index (χ3n) is 6.50. The first-order valence-corrected chi connectivity index (χ1v) is 10.8. The first-order valence-electron chi connectivity index (χ1n) is 10.8. The number of likely N-dealkylation sites (tertiary alicyclic amines) is 1. The molecule has 3 aliphatic heterocycles. The smallest absolute Gasteiger partial charge is 0.269 e. The van der Waals surface area contributed by atoms with Crippen molar-refractivity contribution in [3.63, 3.8) is 0 Å². The average molecular weight is 415 g/mol. The number of nitro benzene ring substituents is 1. The van der Waals surface area contributed by atoms with Crippen LogP contribution in [0.25, 0.3) is 0 Å². The Morgan fingerprint density at radius 1 is 1.20 bits per heavy atom. The van der Waals surface area contributed by atoms with E-state index in [1.165, 1.54) is 6.07 Å². The van der Waals surface area contributed by atoms with E-state index in [9.17, 15) is 19.7 Å². The molecule has 9 nitrogen and oxygen atoms in total. The van der Waals surface area contributed by atoms with Gasteiger partial charge in [0.25, 0.3) is 5.69 Å². The second-order valence-electron chi connectivity index (χ2n) is 8.36. The molecule has 0 saturated carbocycles. The third kappa shape index (κ3) is 3.98. The van der Waals surface area contributed by atoms with Crippen LogP contribution in [-0.4, -0.2) is 78.4 Å². The number of benzene rings is 1. The molecule has 2 fully saturated rings. The number of piperazine rings is 1. The van der Waals surface area contributed by atoms with E-state index in [0.29, 0.717) is 32.6 Å². The summed E-state index contributed by atoms with van der Waals surface area (Å²) in [6.07, 6.45) is 2.62. The lowest BCUT2D eigenvalue weighted by Crippen LogP contribution is -2.62. The van der Waals surface area contributed by atoms with Crippen LogP contribution in [0.2, 0.25) is 0 Å². The largest absolute Gasteiger partial charge is 0.365 e. The van der Waals surface area contributed by atoms with Crippen molar-refractivity contribution in [1.82, 2.24) is 15.1 Å². The summed E-state index contributed by atoms with van der Waals surface area (Å²) in [5.74, 6) is -0.163. The first kappa shape index (κ1) is 20.6. The van der Waals surface area contributed by atoms with Crippen LogP contribution in [0.15, 0.2) is 18.2 Å². The highest BCUT2D eigenvalue weighted by atomic mass is 16.6. The molecule has 30 heavy (non-hydrogen) atoms. The van der Waals surface area contributed by atoms with Crippen molar-refractivity contribution >= 4 is 23.2 Å². The minimum Gasteiger partial charge on any atom is -0.365 e. The Bertz CT molecular complexity index is 839. The zero-order chi connectivity index (χ0) is 21.3. The molecule has 1 aromatic carbocycles. The summed E-state index contributed by atoms with van der Waals surface area (Å²) in [6, 6.07) is 4.89. The molecule has 3 aliphatic rings. The normalized spacial score (nSPS) is 23.6. The number of nitro groups is 1. The summed E-state index contributed by atoms with van der Waals surface area (Å²) in [4.78, 5) is 42.6. The predicted octanol–water partition coefficient (Wildman–Crippen LogP) is 1.02. The topological polar surface area (TPSA) is 99.0 Å². The van der Waals surface area contributed by atoms with Crippen molar-refractivity contribution in [2.45, 2.75) is 32.2 Å². The molecule has 0 bridgehead atoms. The second kappa shape index (κ2) is 8.59. The van der Waals surface area contributed by atoms with Gasteiger partial charge >= 0.3 is 0 Å². The number of carbonyl (C=O) groups is 2. The fraction of sp³-hybridized carbons (Fsp3) is 0.619. The second-order valence-corrected chi connectivity index (χ2v) is 8.36. The number of nitrogens with zero attached hydrogens (tertiary/aromatic N) is 4. The molecule has 1 N–H and O–H groups in total. The first-order chi connectivity index (χ1) is 14.5. The molecular formula is C21H29N5O4. The van der Waals surface area contributed by atoms with E-state index in [-0.39, 0.29) is 29.5 Å². The summed E-state index contributed by atoms with van der Waals surface area (Å²) in [7, 11) is 0. The van der Waals surface area contributed by atoms with Gasteiger partial charge in [-0.05, 0) is 37.8 Å². The summed E-state index contributed by atoms with van der Waals surface area (Å²) < 4.78 is 0. The minimum atomic E-state index is -0.393. The van der Waals surface area contributed by atoms with Crippen molar-refractivity contribution in [3.8, 4) is 0 Å². The number of carbonyl (C=O) groups excluding carboxylic acids is 2. The highest BCUT2D eigenvalue weighted by Gasteiger charge is 2.42. The van der Waals surface area contributed by atoms with Gasteiger partial charge in [-0.2, -0.15) is 0 Å². The van der Waals surface area contributed by atoms with Crippen molar-refractivity contribution in [2.24, 2.45) is 5.92 Å². The number of hydrogen-bond donors (Lipinski definition) is 1. The van der Waals surface area contributed by atoms with Crippen LogP contribution < -0.4 is 10.2 Å². The third-order valence-corrected chi connectivity index (χ3v) is 6.50. The van der Waals surface area contributed by atoms with E-state index >= 15 is 0 Å². The number of hydrogen-bond acceptors (Lipinski definition) is 6. The molecule has 2 amide bonds. The molecule has 2 saturated heterocycles. The number of non-ortho nitro benzene ring substituents is 1. The Morgan fingerprint density at radius 2 is 1.97 bits per heavy atom. The molecule has 0 aliphatic carbocycles. The molecule has 0 unspecified atom stereocenters. The van der Waals surface area contributed by atoms with Gasteiger partial charge in [0.05, 0.1) is 23.4 Å². The minimum absolute atomic E-state index is 0.0302. The van der Waals surface area contributed by atoms with Gasteiger partial charge in [0, 0.05) is 57.1 Å². The maximum Gasteiger partial charge on any atom is 0.269 e. The summed E-state index contributed by atoms with van der Waals surface area (Å²) in [5.41, 5.74) is 1.87. The van der Waals surface area contributed by atoms with Crippen molar-refractivity contribution < 1.29 is 14.5 Å². The lowest BCUT2D eigenvalue weighted by atomic mass is 9.83. The molecule has 3 heterocycles. The summed E-state index contributed by atoms with van der Waals surface area (Å²) in [6.45, 7) is 6.57. The Hall–Kier alpha value is -2.68. The van der Waals surface area contributed by atoms with E-state index < -0.39 is 4.92 Å². The lowest BCUT2D eigenvalue weighted by molar-refractivity contribution is -0.384. The van der Waals surface area contributed by atoms with Crippen LogP contribution in [0.5, 0.6) is 0 Å². The number of fused-ring (bicyclic) bond motifs is 3. The highest BCUT2D eigenvalue weighted by molar-refractivity contribution is 5.82. The van der Waals surface area contributed by atoms with Crippen LogP contribution in [0.1, 0.15) is 25.3 Å². The van der Waals surface area contributed by atoms with E-state index in [0.717, 1.165) is 43.7 Å². The van der Waals surface area contributed by atoms with Crippen molar-refractivity contribution in [3.05, 3.63) is 33.9 Å².